The van der Waals surface area contributed by atoms with Gasteiger partial charge in [0, 0.05) is 12.8 Å². The average Bonchev–Trinajstić information content (AvgIpc) is 2.27. The Kier molecular flexibility index (Phi) is 1.51. The van der Waals surface area contributed by atoms with Crippen LogP contribution in [0.2, 0.25) is 0 Å². The van der Waals surface area contributed by atoms with E-state index in [1.165, 1.54) is 25.7 Å². The fourth-order valence-electron chi connectivity index (χ4n) is 2.49. The smallest absolute Gasteiger partial charge is 0.133 e. The van der Waals surface area contributed by atoms with E-state index < -0.39 is 0 Å². The van der Waals surface area contributed by atoms with Crippen LogP contribution in [0.15, 0.2) is 0 Å². The van der Waals surface area contributed by atoms with Crippen LogP contribution in [0.4, 0.5) is 0 Å². The van der Waals surface area contributed by atoms with E-state index >= 15 is 0 Å². The van der Waals surface area contributed by atoms with Gasteiger partial charge < -0.3 is 0 Å². The molecule has 0 radical (unpaired) electrons. The van der Waals surface area contributed by atoms with Crippen molar-refractivity contribution < 1.29 is 4.79 Å². The molecular formula is C9H14O. The number of carbonyl (C=O) groups excluding carboxylic acids is 1. The first-order valence-corrected chi connectivity index (χ1v) is 4.38. The lowest BCUT2D eigenvalue weighted by Crippen LogP contribution is -2.12. The van der Waals surface area contributed by atoms with Crippen molar-refractivity contribution in [3.8, 4) is 0 Å². The highest BCUT2D eigenvalue weighted by molar-refractivity contribution is 5.81. The number of hydrogen-bond donors (Lipinski definition) is 0. The number of hydrogen-bond acceptors (Lipinski definition) is 1. The summed E-state index contributed by atoms with van der Waals surface area (Å²) in [4.78, 5) is 11.0. The molecule has 1 nitrogen and oxygen atoms in total. The molecule has 0 aliphatic heterocycles. The molecule has 0 unspecified atom stereocenters. The lowest BCUT2D eigenvalue weighted by molar-refractivity contribution is -0.117. The van der Waals surface area contributed by atoms with Gasteiger partial charge in [0.1, 0.15) is 5.78 Å². The molecule has 2 aliphatic carbocycles. The van der Waals surface area contributed by atoms with Gasteiger partial charge in [0.25, 0.3) is 0 Å². The van der Waals surface area contributed by atoms with E-state index in [9.17, 15) is 4.79 Å². The van der Waals surface area contributed by atoms with Gasteiger partial charge in [-0.25, -0.2) is 0 Å². The van der Waals surface area contributed by atoms with Gasteiger partial charge in [-0.2, -0.15) is 0 Å². The van der Waals surface area contributed by atoms with Crippen LogP contribution in [-0.4, -0.2) is 5.78 Å². The lowest BCUT2D eigenvalue weighted by atomic mass is 9.82. The maximum Gasteiger partial charge on any atom is 0.133 e. The normalized spacial score (nSPS) is 39.8. The number of carbonyl (C=O) groups is 1. The minimum atomic E-state index is 0.525. The Hall–Kier alpha value is -0.330. The van der Waals surface area contributed by atoms with Crippen LogP contribution in [-0.2, 0) is 4.79 Å². The van der Waals surface area contributed by atoms with Gasteiger partial charge in [0.15, 0.2) is 0 Å². The maximum atomic E-state index is 11.0. The van der Waals surface area contributed by atoms with Gasteiger partial charge in [0.05, 0.1) is 0 Å². The third-order valence-electron chi connectivity index (χ3n) is 3.05. The van der Waals surface area contributed by atoms with Crippen molar-refractivity contribution in [2.45, 2.75) is 38.5 Å². The van der Waals surface area contributed by atoms with Gasteiger partial charge in [-0.3, -0.25) is 4.79 Å². The first kappa shape index (κ1) is 6.38. The number of Topliss-reactive ketones (excluding diaryl/α,β-unsaturated/α-hetero) is 1. The molecule has 0 heterocycles. The Morgan fingerprint density at radius 2 is 1.50 bits per heavy atom. The second-order valence-corrected chi connectivity index (χ2v) is 3.75. The summed E-state index contributed by atoms with van der Waals surface area (Å²) in [6, 6.07) is 0. The van der Waals surface area contributed by atoms with Crippen LogP contribution in [0, 0.1) is 11.8 Å². The zero-order valence-corrected chi connectivity index (χ0v) is 6.31. The van der Waals surface area contributed by atoms with Gasteiger partial charge >= 0.3 is 0 Å². The summed E-state index contributed by atoms with van der Waals surface area (Å²) >= 11 is 0. The molecule has 2 fully saturated rings. The van der Waals surface area contributed by atoms with E-state index in [-0.39, 0.29) is 0 Å². The molecular weight excluding hydrogens is 124 g/mol. The molecule has 0 saturated heterocycles. The summed E-state index contributed by atoms with van der Waals surface area (Å²) in [6.07, 6.45) is 7.21. The first-order chi connectivity index (χ1) is 4.86. The highest BCUT2D eigenvalue weighted by Crippen LogP contribution is 2.40. The second kappa shape index (κ2) is 2.37. The minimum Gasteiger partial charge on any atom is -0.300 e. The van der Waals surface area contributed by atoms with Crippen molar-refractivity contribution in [2.75, 3.05) is 0 Å². The molecule has 10 heavy (non-hydrogen) atoms. The largest absolute Gasteiger partial charge is 0.300 e. The topological polar surface area (TPSA) is 17.1 Å². The third kappa shape index (κ3) is 0.979. The average molecular weight is 138 g/mol. The first-order valence-electron chi connectivity index (χ1n) is 4.38. The van der Waals surface area contributed by atoms with E-state index in [2.05, 4.69) is 0 Å². The highest BCUT2D eigenvalue weighted by atomic mass is 16.1. The Balaban J connectivity index is 2.04. The predicted octanol–water partition coefficient (Wildman–Crippen LogP) is 2.16. The monoisotopic (exact) mass is 138 g/mol. The molecule has 0 aromatic carbocycles. The number of rotatable bonds is 0. The summed E-state index contributed by atoms with van der Waals surface area (Å²) in [5, 5.41) is 0. The van der Waals surface area contributed by atoms with Crippen molar-refractivity contribution in [2.24, 2.45) is 11.8 Å². The Morgan fingerprint density at radius 3 is 2.00 bits per heavy atom. The molecule has 0 aromatic rings. The van der Waals surface area contributed by atoms with Crippen LogP contribution >= 0.6 is 0 Å². The quantitative estimate of drug-likeness (QED) is 0.501. The molecule has 2 saturated carbocycles. The number of fused-ring (bicyclic) bond motifs is 1. The fourth-order valence-corrected chi connectivity index (χ4v) is 2.49. The van der Waals surface area contributed by atoms with Crippen molar-refractivity contribution in [1.29, 1.82) is 0 Å². The molecule has 0 N–H and O–H groups in total. The molecule has 2 aliphatic rings. The van der Waals surface area contributed by atoms with Crippen LogP contribution in [0.3, 0.4) is 0 Å². The van der Waals surface area contributed by atoms with Gasteiger partial charge in [-0.05, 0) is 24.7 Å². The fraction of sp³-hybridized carbons (Fsp3) is 0.889. The SMILES string of the molecule is O=C1C[C@@H]2CCCC[C@H]2C1. The molecule has 2 atom stereocenters. The third-order valence-corrected chi connectivity index (χ3v) is 3.05. The molecule has 0 amide bonds. The van der Waals surface area contributed by atoms with Gasteiger partial charge in [0.2, 0.25) is 0 Å². The predicted molar refractivity (Wildman–Crippen MR) is 39.7 cm³/mol. The minimum absolute atomic E-state index is 0.525. The van der Waals surface area contributed by atoms with E-state index in [0.29, 0.717) is 5.78 Å². The zero-order valence-electron chi connectivity index (χ0n) is 6.31. The van der Waals surface area contributed by atoms with Crippen molar-refractivity contribution in [3.05, 3.63) is 0 Å². The van der Waals surface area contributed by atoms with Crippen LogP contribution < -0.4 is 0 Å². The van der Waals surface area contributed by atoms with Crippen LogP contribution in [0.5, 0.6) is 0 Å². The number of ketones is 1. The molecule has 0 spiro atoms. The molecule has 1 heteroatoms. The lowest BCUT2D eigenvalue weighted by Gasteiger charge is -2.23. The van der Waals surface area contributed by atoms with Crippen molar-refractivity contribution in [3.63, 3.8) is 0 Å². The second-order valence-electron chi connectivity index (χ2n) is 3.75. The van der Waals surface area contributed by atoms with E-state index in [1.807, 2.05) is 0 Å². The zero-order chi connectivity index (χ0) is 6.97. The summed E-state index contributed by atoms with van der Waals surface area (Å²) < 4.78 is 0. The van der Waals surface area contributed by atoms with Crippen molar-refractivity contribution >= 4 is 5.78 Å². The Morgan fingerprint density at radius 1 is 1.00 bits per heavy atom. The molecule has 2 rings (SSSR count). The van der Waals surface area contributed by atoms with Crippen LogP contribution in [0.25, 0.3) is 0 Å². The molecule has 0 aromatic heterocycles. The Bertz CT molecular complexity index is 135. The summed E-state index contributed by atoms with van der Waals surface area (Å²) in [6.45, 7) is 0. The van der Waals surface area contributed by atoms with Crippen LogP contribution in [0.1, 0.15) is 38.5 Å². The standard InChI is InChI=1S/C9H14O/c10-9-5-7-3-1-2-4-8(7)6-9/h7-8H,1-6H2/t7-,8-/m0/s1. The highest BCUT2D eigenvalue weighted by Gasteiger charge is 2.33. The van der Waals surface area contributed by atoms with Crippen molar-refractivity contribution in [1.82, 2.24) is 0 Å². The summed E-state index contributed by atoms with van der Waals surface area (Å²) in [7, 11) is 0. The Labute approximate surface area is 61.8 Å². The van der Waals surface area contributed by atoms with Gasteiger partial charge in [-0.15, -0.1) is 0 Å². The summed E-state index contributed by atoms with van der Waals surface area (Å²) in [5.41, 5.74) is 0. The van der Waals surface area contributed by atoms with E-state index in [0.717, 1.165) is 24.7 Å². The van der Waals surface area contributed by atoms with E-state index in [4.69, 9.17) is 0 Å². The summed E-state index contributed by atoms with van der Waals surface area (Å²) in [5.74, 6) is 2.11. The molecule has 56 valence electrons. The maximum absolute atomic E-state index is 11.0. The molecule has 0 bridgehead atoms. The van der Waals surface area contributed by atoms with E-state index in [1.54, 1.807) is 0 Å². The van der Waals surface area contributed by atoms with Gasteiger partial charge in [-0.1, -0.05) is 12.8 Å².